The van der Waals surface area contributed by atoms with Crippen molar-refractivity contribution < 1.29 is 13.2 Å². The number of aryl methyl sites for hydroxylation is 1. The Morgan fingerprint density at radius 3 is 2.48 bits per heavy atom. The molecular weight excluding hydrogens is 406 g/mol. The number of thiazole rings is 1. The third-order valence-corrected chi connectivity index (χ3v) is 7.27. The lowest BCUT2D eigenvalue weighted by atomic mass is 10.1. The Hall–Kier alpha value is -2.29. The van der Waals surface area contributed by atoms with Gasteiger partial charge in [-0.3, -0.25) is 10.1 Å². The van der Waals surface area contributed by atoms with E-state index in [1.54, 1.807) is 24.3 Å². The molecule has 0 atom stereocenters. The summed E-state index contributed by atoms with van der Waals surface area (Å²) in [5.74, 6) is -0.238. The second kappa shape index (κ2) is 9.02. The molecule has 1 heterocycles. The molecule has 0 aliphatic rings. The van der Waals surface area contributed by atoms with Crippen molar-refractivity contribution >= 4 is 42.6 Å². The molecule has 8 heteroatoms. The molecule has 0 bridgehead atoms. The van der Waals surface area contributed by atoms with Crippen molar-refractivity contribution in [1.82, 2.24) is 9.29 Å². The number of rotatable bonds is 8. The molecule has 154 valence electrons. The van der Waals surface area contributed by atoms with Gasteiger partial charge in [-0.15, -0.1) is 0 Å². The number of amides is 1. The third-order valence-electron chi connectivity index (χ3n) is 4.44. The highest BCUT2D eigenvalue weighted by Crippen LogP contribution is 2.29. The van der Waals surface area contributed by atoms with Gasteiger partial charge >= 0.3 is 0 Å². The first-order chi connectivity index (χ1) is 13.8. The average molecular weight is 432 g/mol. The van der Waals surface area contributed by atoms with E-state index in [-0.39, 0.29) is 10.8 Å². The van der Waals surface area contributed by atoms with Crippen molar-refractivity contribution in [3.05, 3.63) is 53.6 Å². The van der Waals surface area contributed by atoms with Gasteiger partial charge in [-0.25, -0.2) is 13.4 Å². The second-order valence-electron chi connectivity index (χ2n) is 6.88. The van der Waals surface area contributed by atoms with Gasteiger partial charge in [0.15, 0.2) is 5.13 Å². The lowest BCUT2D eigenvalue weighted by molar-refractivity contribution is 0.102. The summed E-state index contributed by atoms with van der Waals surface area (Å²) in [4.78, 5) is 17.1. The SMILES string of the molecule is CCCN(CCC)S(=O)(=O)c1ccc2nc(NC(=O)c3cccc(C)c3)sc2c1. The third kappa shape index (κ3) is 4.83. The van der Waals surface area contributed by atoms with Crippen LogP contribution in [0.25, 0.3) is 10.2 Å². The summed E-state index contributed by atoms with van der Waals surface area (Å²) in [7, 11) is -3.55. The number of fused-ring (bicyclic) bond motifs is 1. The first-order valence-corrected chi connectivity index (χ1v) is 11.9. The highest BCUT2D eigenvalue weighted by Gasteiger charge is 2.24. The number of carbonyl (C=O) groups is 1. The Labute approximate surface area is 175 Å². The van der Waals surface area contributed by atoms with Crippen LogP contribution in [0.3, 0.4) is 0 Å². The van der Waals surface area contributed by atoms with E-state index < -0.39 is 10.0 Å². The number of hydrogen-bond acceptors (Lipinski definition) is 5. The average Bonchev–Trinajstić information content (AvgIpc) is 3.09. The first kappa shape index (κ1) is 21.4. The number of sulfonamides is 1. The van der Waals surface area contributed by atoms with Gasteiger partial charge in [0.2, 0.25) is 10.0 Å². The Balaban J connectivity index is 1.87. The van der Waals surface area contributed by atoms with Gasteiger partial charge in [-0.2, -0.15) is 4.31 Å². The van der Waals surface area contributed by atoms with Crippen LogP contribution in [-0.4, -0.2) is 36.7 Å². The zero-order valence-corrected chi connectivity index (χ0v) is 18.4. The molecule has 0 saturated heterocycles. The van der Waals surface area contributed by atoms with E-state index in [2.05, 4.69) is 10.3 Å². The maximum absolute atomic E-state index is 13.0. The minimum absolute atomic E-state index is 0.238. The molecule has 0 radical (unpaired) electrons. The highest BCUT2D eigenvalue weighted by molar-refractivity contribution is 7.89. The molecule has 1 aromatic heterocycles. The predicted molar refractivity (Wildman–Crippen MR) is 118 cm³/mol. The van der Waals surface area contributed by atoms with Gasteiger partial charge in [0.05, 0.1) is 15.1 Å². The van der Waals surface area contributed by atoms with Crippen LogP contribution in [0.1, 0.15) is 42.6 Å². The van der Waals surface area contributed by atoms with Gasteiger partial charge in [-0.05, 0) is 50.1 Å². The molecule has 2 aromatic carbocycles. The summed E-state index contributed by atoms with van der Waals surface area (Å²) in [5.41, 5.74) is 2.22. The van der Waals surface area contributed by atoms with Crippen LogP contribution in [0.4, 0.5) is 5.13 Å². The highest BCUT2D eigenvalue weighted by atomic mass is 32.2. The Morgan fingerprint density at radius 2 is 1.83 bits per heavy atom. The minimum atomic E-state index is -3.55. The molecule has 0 unspecified atom stereocenters. The molecule has 0 saturated carbocycles. The van der Waals surface area contributed by atoms with Gasteiger partial charge in [0.25, 0.3) is 5.91 Å². The number of hydrogen-bond donors (Lipinski definition) is 1. The van der Waals surface area contributed by atoms with Crippen molar-refractivity contribution in [2.75, 3.05) is 18.4 Å². The molecule has 1 N–H and O–H groups in total. The molecule has 0 fully saturated rings. The van der Waals surface area contributed by atoms with E-state index in [4.69, 9.17) is 0 Å². The smallest absolute Gasteiger partial charge is 0.257 e. The van der Waals surface area contributed by atoms with Crippen LogP contribution < -0.4 is 5.32 Å². The molecule has 0 aliphatic heterocycles. The van der Waals surface area contributed by atoms with Gasteiger partial charge < -0.3 is 0 Å². The predicted octanol–water partition coefficient (Wildman–Crippen LogP) is 4.67. The lowest BCUT2D eigenvalue weighted by Crippen LogP contribution is -2.32. The van der Waals surface area contributed by atoms with E-state index in [9.17, 15) is 13.2 Å². The van der Waals surface area contributed by atoms with Crippen molar-refractivity contribution in [1.29, 1.82) is 0 Å². The fourth-order valence-electron chi connectivity index (χ4n) is 3.07. The quantitative estimate of drug-likeness (QED) is 0.562. The largest absolute Gasteiger partial charge is 0.298 e. The molecule has 0 aliphatic carbocycles. The van der Waals surface area contributed by atoms with Crippen molar-refractivity contribution in [2.45, 2.75) is 38.5 Å². The Bertz CT molecular complexity index is 1120. The number of carbonyl (C=O) groups excluding carboxylic acids is 1. The second-order valence-corrected chi connectivity index (χ2v) is 9.84. The van der Waals surface area contributed by atoms with Crippen LogP contribution in [-0.2, 0) is 10.0 Å². The van der Waals surface area contributed by atoms with E-state index >= 15 is 0 Å². The molecule has 1 amide bonds. The van der Waals surface area contributed by atoms with Crippen LogP contribution in [0.5, 0.6) is 0 Å². The van der Waals surface area contributed by atoms with Crippen molar-refractivity contribution in [3.63, 3.8) is 0 Å². The zero-order chi connectivity index (χ0) is 21.0. The standard InChI is InChI=1S/C21H25N3O3S2/c1-4-11-24(12-5-2)29(26,27)17-9-10-18-19(14-17)28-21(22-18)23-20(25)16-8-6-7-15(3)13-16/h6-10,13-14H,4-5,11-12H2,1-3H3,(H,22,23,25). The number of nitrogens with one attached hydrogen (secondary N) is 1. The maximum atomic E-state index is 13.0. The van der Waals surface area contributed by atoms with Crippen LogP contribution in [0.2, 0.25) is 0 Å². The van der Waals surface area contributed by atoms with E-state index in [0.29, 0.717) is 29.3 Å². The summed E-state index contributed by atoms with van der Waals surface area (Å²) in [6, 6.07) is 12.2. The molecular formula is C21H25N3O3S2. The van der Waals surface area contributed by atoms with Gasteiger partial charge in [0, 0.05) is 18.7 Å². The lowest BCUT2D eigenvalue weighted by Gasteiger charge is -2.20. The Morgan fingerprint density at radius 1 is 1.10 bits per heavy atom. The summed E-state index contributed by atoms with van der Waals surface area (Å²) >= 11 is 1.27. The van der Waals surface area contributed by atoms with Crippen LogP contribution >= 0.6 is 11.3 Å². The maximum Gasteiger partial charge on any atom is 0.257 e. The van der Waals surface area contributed by atoms with Gasteiger partial charge in [0.1, 0.15) is 0 Å². The van der Waals surface area contributed by atoms with E-state index in [1.165, 1.54) is 15.6 Å². The molecule has 3 rings (SSSR count). The molecule has 29 heavy (non-hydrogen) atoms. The first-order valence-electron chi connectivity index (χ1n) is 9.64. The normalized spacial score (nSPS) is 11.9. The van der Waals surface area contributed by atoms with E-state index in [1.807, 2.05) is 39.0 Å². The number of benzene rings is 2. The molecule has 3 aromatic rings. The fourth-order valence-corrected chi connectivity index (χ4v) is 5.70. The van der Waals surface area contributed by atoms with Gasteiger partial charge in [-0.1, -0.05) is 42.9 Å². The summed E-state index contributed by atoms with van der Waals surface area (Å²) in [6.07, 6.45) is 1.52. The van der Waals surface area contributed by atoms with Crippen LogP contribution in [0.15, 0.2) is 47.4 Å². The van der Waals surface area contributed by atoms with Crippen molar-refractivity contribution in [3.8, 4) is 0 Å². The van der Waals surface area contributed by atoms with E-state index in [0.717, 1.165) is 23.1 Å². The monoisotopic (exact) mass is 431 g/mol. The van der Waals surface area contributed by atoms with Crippen LogP contribution in [0, 0.1) is 6.92 Å². The summed E-state index contributed by atoms with van der Waals surface area (Å²) in [5, 5.41) is 3.25. The number of aromatic nitrogens is 1. The number of nitrogens with zero attached hydrogens (tertiary/aromatic N) is 2. The molecule has 0 spiro atoms. The molecule has 6 nitrogen and oxygen atoms in total. The zero-order valence-electron chi connectivity index (χ0n) is 16.8. The summed E-state index contributed by atoms with van der Waals surface area (Å²) in [6.45, 7) is 6.85. The fraction of sp³-hybridized carbons (Fsp3) is 0.333. The number of anilines is 1. The summed E-state index contributed by atoms with van der Waals surface area (Å²) < 4.78 is 28.2. The Kier molecular flexibility index (Phi) is 6.66. The minimum Gasteiger partial charge on any atom is -0.298 e. The topological polar surface area (TPSA) is 79.4 Å². The van der Waals surface area contributed by atoms with Crippen molar-refractivity contribution in [2.24, 2.45) is 0 Å².